The minimum absolute atomic E-state index is 0.184. The highest BCUT2D eigenvalue weighted by atomic mass is 35.5. The van der Waals surface area contributed by atoms with Crippen LogP contribution in [0.1, 0.15) is 5.56 Å². The number of benzene rings is 1. The standard InChI is InChI=1S/C10H7ClN2O2/c11-8-3-7(2-1-6(8)4-12)13-10(14)9-5-15-9/h1-3,9H,5H2,(H,13,14). The van der Waals surface area contributed by atoms with Crippen LogP contribution in [-0.2, 0) is 9.53 Å². The van der Waals surface area contributed by atoms with Crippen molar-refractivity contribution in [1.82, 2.24) is 0 Å². The van der Waals surface area contributed by atoms with Gasteiger partial charge in [-0.3, -0.25) is 4.79 Å². The Kier molecular flexibility index (Phi) is 2.58. The van der Waals surface area contributed by atoms with Crippen LogP contribution in [0.5, 0.6) is 0 Å². The molecule has 1 aliphatic heterocycles. The molecule has 0 aromatic heterocycles. The number of nitrogens with zero attached hydrogens (tertiary/aromatic N) is 1. The van der Waals surface area contributed by atoms with Crippen LogP contribution in [0.15, 0.2) is 18.2 Å². The maximum absolute atomic E-state index is 11.3. The first-order valence-electron chi connectivity index (χ1n) is 4.33. The molecule has 1 heterocycles. The first kappa shape index (κ1) is 9.97. The van der Waals surface area contributed by atoms with Crippen molar-refractivity contribution >= 4 is 23.2 Å². The molecule has 15 heavy (non-hydrogen) atoms. The summed E-state index contributed by atoms with van der Waals surface area (Å²) >= 11 is 5.80. The van der Waals surface area contributed by atoms with E-state index in [9.17, 15) is 4.79 Å². The molecule has 1 saturated heterocycles. The summed E-state index contributed by atoms with van der Waals surface area (Å²) in [5, 5.41) is 11.6. The first-order chi connectivity index (χ1) is 7.20. The van der Waals surface area contributed by atoms with Gasteiger partial charge in [0.15, 0.2) is 6.10 Å². The summed E-state index contributed by atoms with van der Waals surface area (Å²) in [7, 11) is 0. The SMILES string of the molecule is N#Cc1ccc(NC(=O)C2CO2)cc1Cl. The average molecular weight is 223 g/mol. The Labute approximate surface area is 91.4 Å². The Morgan fingerprint density at radius 2 is 2.40 bits per heavy atom. The van der Waals surface area contributed by atoms with Crippen molar-refractivity contribution in [3.05, 3.63) is 28.8 Å². The molecule has 5 heteroatoms. The second kappa shape index (κ2) is 3.89. The number of halogens is 1. The third-order valence-corrected chi connectivity index (χ3v) is 2.30. The molecule has 1 atom stereocenters. The molecule has 1 unspecified atom stereocenters. The van der Waals surface area contributed by atoms with Crippen molar-refractivity contribution in [2.75, 3.05) is 11.9 Å². The maximum atomic E-state index is 11.3. The molecule has 1 fully saturated rings. The number of anilines is 1. The molecule has 1 N–H and O–H groups in total. The molecular formula is C10H7ClN2O2. The van der Waals surface area contributed by atoms with Crippen molar-refractivity contribution in [1.29, 1.82) is 5.26 Å². The molecule has 1 aromatic carbocycles. The lowest BCUT2D eigenvalue weighted by molar-refractivity contribution is -0.117. The summed E-state index contributed by atoms with van der Waals surface area (Å²) in [6.07, 6.45) is -0.334. The number of epoxide rings is 1. The van der Waals surface area contributed by atoms with Crippen molar-refractivity contribution < 1.29 is 9.53 Å². The van der Waals surface area contributed by atoms with E-state index in [1.807, 2.05) is 6.07 Å². The highest BCUT2D eigenvalue weighted by Gasteiger charge is 2.31. The highest BCUT2D eigenvalue weighted by Crippen LogP contribution is 2.21. The molecule has 2 rings (SSSR count). The summed E-state index contributed by atoms with van der Waals surface area (Å²) in [4.78, 5) is 11.3. The van der Waals surface area contributed by atoms with E-state index in [1.165, 1.54) is 0 Å². The fourth-order valence-electron chi connectivity index (χ4n) is 1.11. The summed E-state index contributed by atoms with van der Waals surface area (Å²) in [6, 6.07) is 6.67. The van der Waals surface area contributed by atoms with Gasteiger partial charge < -0.3 is 10.1 Å². The molecule has 0 saturated carbocycles. The average Bonchev–Trinajstić information content (AvgIpc) is 3.01. The van der Waals surface area contributed by atoms with E-state index >= 15 is 0 Å². The summed E-state index contributed by atoms with van der Waals surface area (Å²) < 4.78 is 4.82. The Balaban J connectivity index is 2.12. The van der Waals surface area contributed by atoms with Gasteiger partial charge in [0.05, 0.1) is 17.2 Å². The molecule has 1 aliphatic rings. The third-order valence-electron chi connectivity index (χ3n) is 1.98. The number of carbonyl (C=O) groups excluding carboxylic acids is 1. The van der Waals surface area contributed by atoms with Gasteiger partial charge in [0.25, 0.3) is 5.91 Å². The lowest BCUT2D eigenvalue weighted by Crippen LogP contribution is -2.17. The van der Waals surface area contributed by atoms with Gasteiger partial charge in [0, 0.05) is 5.69 Å². The van der Waals surface area contributed by atoms with E-state index in [1.54, 1.807) is 18.2 Å². The monoisotopic (exact) mass is 222 g/mol. The van der Waals surface area contributed by atoms with Crippen molar-refractivity contribution in [3.8, 4) is 6.07 Å². The van der Waals surface area contributed by atoms with E-state index in [4.69, 9.17) is 21.6 Å². The highest BCUT2D eigenvalue weighted by molar-refractivity contribution is 6.32. The number of nitriles is 1. The molecule has 0 spiro atoms. The van der Waals surface area contributed by atoms with Crippen LogP contribution in [0.2, 0.25) is 5.02 Å². The van der Waals surface area contributed by atoms with E-state index in [-0.39, 0.29) is 12.0 Å². The zero-order chi connectivity index (χ0) is 10.8. The van der Waals surface area contributed by atoms with Crippen LogP contribution in [-0.4, -0.2) is 18.6 Å². The van der Waals surface area contributed by atoms with Crippen LogP contribution in [0.3, 0.4) is 0 Å². The third kappa shape index (κ3) is 2.27. The van der Waals surface area contributed by atoms with Crippen molar-refractivity contribution in [2.45, 2.75) is 6.10 Å². The van der Waals surface area contributed by atoms with Gasteiger partial charge in [-0.1, -0.05) is 11.6 Å². The van der Waals surface area contributed by atoms with E-state index in [0.29, 0.717) is 22.9 Å². The minimum atomic E-state index is -0.334. The number of ether oxygens (including phenoxy) is 1. The van der Waals surface area contributed by atoms with Crippen LogP contribution in [0.4, 0.5) is 5.69 Å². The number of hydrogen-bond donors (Lipinski definition) is 1. The lowest BCUT2D eigenvalue weighted by Gasteiger charge is -2.03. The number of nitrogens with one attached hydrogen (secondary N) is 1. The molecule has 1 aromatic rings. The number of rotatable bonds is 2. The summed E-state index contributed by atoms with van der Waals surface area (Å²) in [5.74, 6) is -0.184. The lowest BCUT2D eigenvalue weighted by atomic mass is 10.2. The summed E-state index contributed by atoms with van der Waals surface area (Å²) in [5.41, 5.74) is 0.955. The molecule has 1 amide bonds. The van der Waals surface area contributed by atoms with Gasteiger partial charge in [0.1, 0.15) is 6.07 Å². The van der Waals surface area contributed by atoms with E-state index in [0.717, 1.165) is 0 Å². The molecule has 0 aliphatic carbocycles. The van der Waals surface area contributed by atoms with E-state index in [2.05, 4.69) is 5.32 Å². The molecular weight excluding hydrogens is 216 g/mol. The molecule has 4 nitrogen and oxygen atoms in total. The summed E-state index contributed by atoms with van der Waals surface area (Å²) in [6.45, 7) is 0.468. The zero-order valence-corrected chi connectivity index (χ0v) is 8.41. The van der Waals surface area contributed by atoms with Gasteiger partial charge in [-0.05, 0) is 18.2 Å². The van der Waals surface area contributed by atoms with Gasteiger partial charge in [-0.2, -0.15) is 5.26 Å². The number of carbonyl (C=O) groups is 1. The van der Waals surface area contributed by atoms with Gasteiger partial charge in [0.2, 0.25) is 0 Å². The maximum Gasteiger partial charge on any atom is 0.255 e. The quantitative estimate of drug-likeness (QED) is 0.772. The predicted molar refractivity (Wildman–Crippen MR) is 54.5 cm³/mol. The normalized spacial score (nSPS) is 18.0. The van der Waals surface area contributed by atoms with Gasteiger partial charge in [-0.15, -0.1) is 0 Å². The Bertz CT molecular complexity index is 449. The minimum Gasteiger partial charge on any atom is -0.363 e. The zero-order valence-electron chi connectivity index (χ0n) is 7.66. The second-order valence-corrected chi connectivity index (χ2v) is 3.52. The second-order valence-electron chi connectivity index (χ2n) is 3.12. The number of amides is 1. The Morgan fingerprint density at radius 3 is 2.93 bits per heavy atom. The van der Waals surface area contributed by atoms with Gasteiger partial charge in [-0.25, -0.2) is 0 Å². The molecule has 76 valence electrons. The van der Waals surface area contributed by atoms with Crippen LogP contribution in [0, 0.1) is 11.3 Å². The molecule has 0 radical (unpaired) electrons. The van der Waals surface area contributed by atoms with Crippen LogP contribution < -0.4 is 5.32 Å². The first-order valence-corrected chi connectivity index (χ1v) is 4.70. The topological polar surface area (TPSA) is 65.4 Å². The van der Waals surface area contributed by atoms with Crippen LogP contribution >= 0.6 is 11.6 Å². The predicted octanol–water partition coefficient (Wildman–Crippen LogP) is 1.55. The largest absolute Gasteiger partial charge is 0.363 e. The Hall–Kier alpha value is -1.57. The Morgan fingerprint density at radius 1 is 1.67 bits per heavy atom. The molecule has 0 bridgehead atoms. The number of hydrogen-bond acceptors (Lipinski definition) is 3. The van der Waals surface area contributed by atoms with E-state index < -0.39 is 0 Å². The fraction of sp³-hybridized carbons (Fsp3) is 0.200. The fourth-order valence-corrected chi connectivity index (χ4v) is 1.33. The van der Waals surface area contributed by atoms with Crippen molar-refractivity contribution in [3.63, 3.8) is 0 Å². The van der Waals surface area contributed by atoms with Crippen molar-refractivity contribution in [2.24, 2.45) is 0 Å². The van der Waals surface area contributed by atoms with Crippen LogP contribution in [0.25, 0.3) is 0 Å². The smallest absolute Gasteiger partial charge is 0.255 e. The van der Waals surface area contributed by atoms with Gasteiger partial charge >= 0.3 is 0 Å².